The van der Waals surface area contributed by atoms with Crippen LogP contribution in [-0.4, -0.2) is 66.8 Å². The zero-order chi connectivity index (χ0) is 13.5. The summed E-state index contributed by atoms with van der Waals surface area (Å²) in [5.41, 5.74) is 5.25. The molecular formula is C11H20N4O3. The van der Waals surface area contributed by atoms with Gasteiger partial charge in [-0.3, -0.25) is 14.4 Å². The summed E-state index contributed by atoms with van der Waals surface area (Å²) >= 11 is 0. The van der Waals surface area contributed by atoms with Gasteiger partial charge in [0.1, 0.15) is 0 Å². The minimum absolute atomic E-state index is 0.00289. The van der Waals surface area contributed by atoms with Crippen LogP contribution in [0.3, 0.4) is 0 Å². The maximum atomic E-state index is 11.8. The third-order valence-electron chi connectivity index (χ3n) is 2.85. The Hall–Kier alpha value is -1.63. The molecule has 0 aromatic carbocycles. The third kappa shape index (κ3) is 3.99. The number of carbonyl (C=O) groups is 3. The maximum Gasteiger partial charge on any atom is 0.311 e. The van der Waals surface area contributed by atoms with E-state index < -0.39 is 11.8 Å². The molecule has 3 N–H and O–H groups in total. The number of amides is 3. The Morgan fingerprint density at radius 3 is 2.33 bits per heavy atom. The molecule has 0 aromatic rings. The van der Waals surface area contributed by atoms with Gasteiger partial charge in [-0.15, -0.1) is 0 Å². The normalized spacial score (nSPS) is 16.1. The maximum absolute atomic E-state index is 11.8. The highest BCUT2D eigenvalue weighted by atomic mass is 16.2. The van der Waals surface area contributed by atoms with Crippen LogP contribution in [-0.2, 0) is 14.4 Å². The molecule has 7 nitrogen and oxygen atoms in total. The van der Waals surface area contributed by atoms with Gasteiger partial charge < -0.3 is 20.9 Å². The molecule has 1 saturated heterocycles. The number of nitrogens with zero attached hydrogens (tertiary/aromatic N) is 2. The van der Waals surface area contributed by atoms with E-state index in [0.29, 0.717) is 39.1 Å². The first-order chi connectivity index (χ1) is 8.56. The molecule has 102 valence electrons. The molecule has 0 aromatic heterocycles. The first-order valence-corrected chi connectivity index (χ1v) is 6.09. The molecule has 0 aliphatic carbocycles. The zero-order valence-electron chi connectivity index (χ0n) is 10.6. The van der Waals surface area contributed by atoms with Gasteiger partial charge in [-0.05, 0) is 6.42 Å². The smallest absolute Gasteiger partial charge is 0.311 e. The Balaban J connectivity index is 2.49. The molecule has 1 heterocycles. The number of nitrogens with two attached hydrogens (primary N) is 1. The Kier molecular flexibility index (Phi) is 5.57. The van der Waals surface area contributed by atoms with E-state index in [0.717, 1.165) is 0 Å². The Morgan fingerprint density at radius 2 is 1.72 bits per heavy atom. The lowest BCUT2D eigenvalue weighted by Crippen LogP contribution is -2.45. The van der Waals surface area contributed by atoms with Crippen LogP contribution in [0, 0.1) is 0 Å². The van der Waals surface area contributed by atoms with Crippen molar-refractivity contribution in [2.45, 2.75) is 13.3 Å². The molecule has 18 heavy (non-hydrogen) atoms. The van der Waals surface area contributed by atoms with Crippen LogP contribution in [0.5, 0.6) is 0 Å². The second-order valence-electron chi connectivity index (χ2n) is 4.20. The highest BCUT2D eigenvalue weighted by Crippen LogP contribution is 2.03. The summed E-state index contributed by atoms with van der Waals surface area (Å²) in [5, 5.41) is 2.45. The molecule has 0 atom stereocenters. The number of rotatable bonds is 2. The fourth-order valence-electron chi connectivity index (χ4n) is 1.84. The van der Waals surface area contributed by atoms with Crippen molar-refractivity contribution in [2.75, 3.05) is 39.3 Å². The number of hydrogen-bond acceptors (Lipinski definition) is 4. The molecule has 0 radical (unpaired) electrons. The van der Waals surface area contributed by atoms with E-state index in [4.69, 9.17) is 5.73 Å². The highest BCUT2D eigenvalue weighted by Gasteiger charge is 2.24. The van der Waals surface area contributed by atoms with Crippen molar-refractivity contribution in [3.8, 4) is 0 Å². The summed E-state index contributed by atoms with van der Waals surface area (Å²) in [6.45, 7) is 4.10. The molecule has 0 spiro atoms. The standard InChI is InChI=1S/C11H20N4O3/c1-9(16)14-5-2-6-15(8-7-14)11(18)10(17)13-4-3-12/h2-8,12H2,1H3,(H,13,17). The molecule has 0 saturated carbocycles. The number of carbonyl (C=O) groups excluding carboxylic acids is 3. The highest BCUT2D eigenvalue weighted by molar-refractivity contribution is 6.35. The molecule has 1 fully saturated rings. The van der Waals surface area contributed by atoms with Crippen molar-refractivity contribution >= 4 is 17.7 Å². The predicted molar refractivity (Wildman–Crippen MR) is 65.5 cm³/mol. The van der Waals surface area contributed by atoms with Crippen molar-refractivity contribution < 1.29 is 14.4 Å². The molecular weight excluding hydrogens is 236 g/mol. The predicted octanol–water partition coefficient (Wildman–Crippen LogP) is -1.86. The van der Waals surface area contributed by atoms with E-state index in [-0.39, 0.29) is 12.5 Å². The largest absolute Gasteiger partial charge is 0.347 e. The first kappa shape index (κ1) is 14.4. The zero-order valence-corrected chi connectivity index (χ0v) is 10.6. The third-order valence-corrected chi connectivity index (χ3v) is 2.85. The van der Waals surface area contributed by atoms with Gasteiger partial charge in [-0.2, -0.15) is 0 Å². The summed E-state index contributed by atoms with van der Waals surface area (Å²) in [6.07, 6.45) is 0.690. The van der Waals surface area contributed by atoms with Gasteiger partial charge >= 0.3 is 11.8 Å². The van der Waals surface area contributed by atoms with Crippen LogP contribution >= 0.6 is 0 Å². The van der Waals surface area contributed by atoms with Crippen LogP contribution < -0.4 is 11.1 Å². The van der Waals surface area contributed by atoms with Crippen LogP contribution in [0.4, 0.5) is 0 Å². The van der Waals surface area contributed by atoms with E-state index in [1.165, 1.54) is 11.8 Å². The van der Waals surface area contributed by atoms with E-state index in [9.17, 15) is 14.4 Å². The molecule has 7 heteroatoms. The lowest BCUT2D eigenvalue weighted by atomic mass is 10.3. The molecule has 1 aliphatic rings. The minimum Gasteiger partial charge on any atom is -0.347 e. The lowest BCUT2D eigenvalue weighted by molar-refractivity contribution is -0.145. The van der Waals surface area contributed by atoms with Crippen molar-refractivity contribution in [3.63, 3.8) is 0 Å². The Morgan fingerprint density at radius 1 is 1.11 bits per heavy atom. The summed E-state index contributed by atoms with van der Waals surface area (Å²) in [4.78, 5) is 37.7. The van der Waals surface area contributed by atoms with Gasteiger partial charge in [0, 0.05) is 46.2 Å². The number of nitrogens with one attached hydrogen (secondary N) is 1. The van der Waals surface area contributed by atoms with E-state index in [2.05, 4.69) is 5.32 Å². The molecule has 0 bridgehead atoms. The van der Waals surface area contributed by atoms with Gasteiger partial charge in [0.25, 0.3) is 0 Å². The lowest BCUT2D eigenvalue weighted by Gasteiger charge is -2.20. The van der Waals surface area contributed by atoms with Crippen molar-refractivity contribution in [1.29, 1.82) is 0 Å². The summed E-state index contributed by atoms with van der Waals surface area (Å²) < 4.78 is 0. The Bertz CT molecular complexity index is 332. The summed E-state index contributed by atoms with van der Waals surface area (Å²) in [7, 11) is 0. The monoisotopic (exact) mass is 256 g/mol. The molecule has 0 unspecified atom stereocenters. The molecule has 1 aliphatic heterocycles. The van der Waals surface area contributed by atoms with Gasteiger partial charge in [-0.25, -0.2) is 0 Å². The summed E-state index contributed by atoms with van der Waals surface area (Å²) in [6, 6.07) is 0. The van der Waals surface area contributed by atoms with Crippen molar-refractivity contribution in [2.24, 2.45) is 5.73 Å². The SMILES string of the molecule is CC(=O)N1CCCN(C(=O)C(=O)NCCN)CC1. The molecule has 3 amide bonds. The van der Waals surface area contributed by atoms with Gasteiger partial charge in [0.05, 0.1) is 0 Å². The topological polar surface area (TPSA) is 95.7 Å². The molecule has 1 rings (SSSR count). The second kappa shape index (κ2) is 6.95. The minimum atomic E-state index is -0.628. The van der Waals surface area contributed by atoms with Crippen molar-refractivity contribution in [1.82, 2.24) is 15.1 Å². The Labute approximate surface area is 106 Å². The fraction of sp³-hybridized carbons (Fsp3) is 0.727. The first-order valence-electron chi connectivity index (χ1n) is 6.09. The van der Waals surface area contributed by atoms with Gasteiger partial charge in [0.15, 0.2) is 0 Å². The van der Waals surface area contributed by atoms with Crippen molar-refractivity contribution in [3.05, 3.63) is 0 Å². The van der Waals surface area contributed by atoms with Crippen LogP contribution in [0.15, 0.2) is 0 Å². The number of hydrogen-bond donors (Lipinski definition) is 2. The van der Waals surface area contributed by atoms with Gasteiger partial charge in [-0.1, -0.05) is 0 Å². The van der Waals surface area contributed by atoms with Crippen LogP contribution in [0.25, 0.3) is 0 Å². The van der Waals surface area contributed by atoms with Gasteiger partial charge in [0.2, 0.25) is 5.91 Å². The fourth-order valence-corrected chi connectivity index (χ4v) is 1.84. The van der Waals surface area contributed by atoms with E-state index in [1.54, 1.807) is 4.90 Å². The van der Waals surface area contributed by atoms with Crippen LogP contribution in [0.2, 0.25) is 0 Å². The van der Waals surface area contributed by atoms with E-state index in [1.807, 2.05) is 0 Å². The summed E-state index contributed by atoms with van der Waals surface area (Å²) in [5.74, 6) is -1.18. The average molecular weight is 256 g/mol. The quantitative estimate of drug-likeness (QED) is 0.566. The second-order valence-corrected chi connectivity index (χ2v) is 4.20. The van der Waals surface area contributed by atoms with Crippen LogP contribution in [0.1, 0.15) is 13.3 Å². The average Bonchev–Trinajstić information content (AvgIpc) is 2.60. The van der Waals surface area contributed by atoms with E-state index >= 15 is 0 Å².